The van der Waals surface area contributed by atoms with Crippen molar-refractivity contribution in [1.29, 1.82) is 0 Å². The first kappa shape index (κ1) is 9.30. The van der Waals surface area contributed by atoms with Gasteiger partial charge in [-0.05, 0) is 30.3 Å². The van der Waals surface area contributed by atoms with Crippen LogP contribution in [-0.4, -0.2) is 11.8 Å². The van der Waals surface area contributed by atoms with Gasteiger partial charge < -0.3 is 5.32 Å². The van der Waals surface area contributed by atoms with Gasteiger partial charge in [-0.2, -0.15) is 0 Å². The van der Waals surface area contributed by atoms with Crippen LogP contribution < -0.4 is 5.32 Å². The first-order chi connectivity index (χ1) is 5.38. The molecule has 12 heavy (non-hydrogen) atoms. The maximum absolute atomic E-state index is 11.2. The molecule has 1 unspecified atom stereocenters. The third-order valence-corrected chi connectivity index (χ3v) is 1.96. The Bertz CT molecular complexity index is 278. The fourth-order valence-corrected chi connectivity index (χ4v) is 1.38. The van der Waals surface area contributed by atoms with Gasteiger partial charge in [0.15, 0.2) is 5.78 Å². The third kappa shape index (κ3) is 1.52. The van der Waals surface area contributed by atoms with Crippen molar-refractivity contribution < 1.29 is 21.9 Å². The van der Waals surface area contributed by atoms with Gasteiger partial charge >= 0.3 is 0 Å². The van der Waals surface area contributed by atoms with Crippen molar-refractivity contribution in [2.45, 2.75) is 12.5 Å². The molecular formula is C9H9CuNO. The van der Waals surface area contributed by atoms with E-state index < -0.39 is 0 Å². The quantitative estimate of drug-likeness (QED) is 0.603. The molecule has 67 valence electrons. The summed E-state index contributed by atoms with van der Waals surface area (Å²) in [6.07, 6.45) is 10.2. The molecule has 0 aromatic rings. The van der Waals surface area contributed by atoms with E-state index in [1.807, 2.05) is 24.4 Å². The van der Waals surface area contributed by atoms with Gasteiger partial charge in [0, 0.05) is 17.1 Å². The van der Waals surface area contributed by atoms with Crippen LogP contribution >= 0.6 is 0 Å². The number of dihydropyridines is 1. The largest absolute Gasteiger partial charge is 0.378 e. The molecule has 0 bridgehead atoms. The number of ketones is 1. The molecule has 1 radical (unpaired) electrons. The molecule has 0 spiro atoms. The Hall–Kier alpha value is -0.791. The Morgan fingerprint density at radius 3 is 3.08 bits per heavy atom. The third-order valence-electron chi connectivity index (χ3n) is 1.96. The van der Waals surface area contributed by atoms with Crippen LogP contribution in [0.2, 0.25) is 0 Å². The van der Waals surface area contributed by atoms with E-state index in [9.17, 15) is 4.79 Å². The van der Waals surface area contributed by atoms with Crippen LogP contribution in [0.5, 0.6) is 0 Å². The van der Waals surface area contributed by atoms with Crippen LogP contribution in [0.1, 0.15) is 6.42 Å². The number of hydrogen-bond donors (Lipinski definition) is 1. The van der Waals surface area contributed by atoms with Gasteiger partial charge in [0.05, 0.1) is 0 Å². The van der Waals surface area contributed by atoms with Gasteiger partial charge in [-0.15, -0.1) is 0 Å². The van der Waals surface area contributed by atoms with Crippen molar-refractivity contribution in [3.8, 4) is 0 Å². The first-order valence-corrected chi connectivity index (χ1v) is 3.70. The van der Waals surface area contributed by atoms with Crippen LogP contribution in [0.25, 0.3) is 0 Å². The molecule has 0 aromatic heterocycles. The van der Waals surface area contributed by atoms with E-state index in [1.54, 1.807) is 6.08 Å². The average molecular weight is 211 g/mol. The Balaban J connectivity index is 0.000000720. The molecule has 1 atom stereocenters. The summed E-state index contributed by atoms with van der Waals surface area (Å²) in [6.45, 7) is 0. The number of hydrogen-bond acceptors (Lipinski definition) is 2. The standard InChI is InChI=1S/C9H9NO.Cu/c11-8-5-1-3-7-4-2-6-10-9(7)8;/h1-2,4-6,9-10H,3H2;. The minimum atomic E-state index is -0.0787. The summed E-state index contributed by atoms with van der Waals surface area (Å²) in [7, 11) is 0. The fraction of sp³-hybridized carbons (Fsp3) is 0.222. The van der Waals surface area contributed by atoms with E-state index in [1.165, 1.54) is 5.57 Å². The second-order valence-corrected chi connectivity index (χ2v) is 2.71. The van der Waals surface area contributed by atoms with Gasteiger partial charge in [-0.25, -0.2) is 0 Å². The summed E-state index contributed by atoms with van der Waals surface area (Å²) in [4.78, 5) is 11.2. The number of carbonyl (C=O) groups excluding carboxylic acids is 1. The monoisotopic (exact) mass is 210 g/mol. The van der Waals surface area contributed by atoms with E-state index in [4.69, 9.17) is 0 Å². The summed E-state index contributed by atoms with van der Waals surface area (Å²) >= 11 is 0. The second-order valence-electron chi connectivity index (χ2n) is 2.71. The van der Waals surface area contributed by atoms with E-state index >= 15 is 0 Å². The molecular weight excluding hydrogens is 202 g/mol. The Morgan fingerprint density at radius 1 is 1.50 bits per heavy atom. The van der Waals surface area contributed by atoms with E-state index in [2.05, 4.69) is 5.32 Å². The second kappa shape index (κ2) is 3.74. The van der Waals surface area contributed by atoms with Crippen molar-refractivity contribution in [2.24, 2.45) is 0 Å². The van der Waals surface area contributed by atoms with Crippen LogP contribution in [0, 0.1) is 0 Å². The summed E-state index contributed by atoms with van der Waals surface area (Å²) in [5.74, 6) is 0.159. The van der Waals surface area contributed by atoms with Crippen LogP contribution in [-0.2, 0) is 21.9 Å². The topological polar surface area (TPSA) is 29.1 Å². The Kier molecular flexibility index (Phi) is 2.90. The maximum Gasteiger partial charge on any atom is 0.181 e. The molecule has 0 aromatic carbocycles. The zero-order valence-electron chi connectivity index (χ0n) is 6.38. The zero-order valence-corrected chi connectivity index (χ0v) is 7.32. The Morgan fingerprint density at radius 2 is 2.33 bits per heavy atom. The summed E-state index contributed by atoms with van der Waals surface area (Å²) in [5.41, 5.74) is 1.17. The minimum Gasteiger partial charge on any atom is -0.378 e. The molecule has 1 N–H and O–H groups in total. The van der Waals surface area contributed by atoms with Crippen molar-refractivity contribution in [2.75, 3.05) is 0 Å². The van der Waals surface area contributed by atoms with Crippen molar-refractivity contribution in [1.82, 2.24) is 5.32 Å². The number of allylic oxidation sites excluding steroid dienone is 3. The maximum atomic E-state index is 11.2. The molecule has 0 fully saturated rings. The van der Waals surface area contributed by atoms with Gasteiger partial charge in [0.25, 0.3) is 0 Å². The fourth-order valence-electron chi connectivity index (χ4n) is 1.38. The van der Waals surface area contributed by atoms with Crippen LogP contribution in [0.3, 0.4) is 0 Å². The van der Waals surface area contributed by atoms with Crippen LogP contribution in [0.4, 0.5) is 0 Å². The predicted molar refractivity (Wildman–Crippen MR) is 42.9 cm³/mol. The molecule has 2 aliphatic rings. The molecule has 0 saturated heterocycles. The summed E-state index contributed by atoms with van der Waals surface area (Å²) in [5, 5.41) is 3.02. The first-order valence-electron chi connectivity index (χ1n) is 3.70. The van der Waals surface area contributed by atoms with Crippen molar-refractivity contribution in [3.63, 3.8) is 0 Å². The smallest absolute Gasteiger partial charge is 0.181 e. The van der Waals surface area contributed by atoms with Gasteiger partial charge in [-0.3, -0.25) is 4.79 Å². The predicted octanol–water partition coefficient (Wildman–Crippen LogP) is 0.925. The van der Waals surface area contributed by atoms with E-state index in [0.717, 1.165) is 6.42 Å². The molecule has 1 aliphatic carbocycles. The molecule has 1 heterocycles. The average Bonchev–Trinajstić information content (AvgIpc) is 2.06. The van der Waals surface area contributed by atoms with E-state index in [0.29, 0.717) is 0 Å². The molecule has 0 amide bonds. The summed E-state index contributed by atoms with van der Waals surface area (Å²) in [6, 6.07) is -0.0787. The number of fused-ring (bicyclic) bond motifs is 1. The Labute approximate surface area is 81.9 Å². The minimum absolute atomic E-state index is 0. The molecule has 1 aliphatic heterocycles. The number of carbonyl (C=O) groups is 1. The summed E-state index contributed by atoms with van der Waals surface area (Å²) < 4.78 is 0. The van der Waals surface area contributed by atoms with Gasteiger partial charge in [0.1, 0.15) is 6.04 Å². The van der Waals surface area contributed by atoms with Crippen molar-refractivity contribution in [3.05, 3.63) is 36.1 Å². The van der Waals surface area contributed by atoms with E-state index in [-0.39, 0.29) is 28.9 Å². The van der Waals surface area contributed by atoms with Crippen LogP contribution in [0.15, 0.2) is 36.1 Å². The SMILES string of the molecule is O=C1C=CCC2=CC=CNC12.[Cu]. The van der Waals surface area contributed by atoms with Gasteiger partial charge in [-0.1, -0.05) is 12.2 Å². The zero-order chi connectivity index (χ0) is 7.68. The molecule has 2 nitrogen and oxygen atoms in total. The number of rotatable bonds is 0. The molecule has 3 heteroatoms. The normalized spacial score (nSPS) is 25.2. The van der Waals surface area contributed by atoms with Crippen molar-refractivity contribution >= 4 is 5.78 Å². The molecule has 0 saturated carbocycles. The number of nitrogens with one attached hydrogen (secondary N) is 1. The van der Waals surface area contributed by atoms with Gasteiger partial charge in [0.2, 0.25) is 0 Å². The molecule has 2 rings (SSSR count).